The first-order valence-corrected chi connectivity index (χ1v) is 7.17. The van der Waals surface area contributed by atoms with Crippen LogP contribution >= 0.6 is 0 Å². The first kappa shape index (κ1) is 16.7. The maximum atomic E-state index is 11.4. The third-order valence-electron chi connectivity index (χ3n) is 3.89. The van der Waals surface area contributed by atoms with Crippen LogP contribution in [0.25, 0.3) is 0 Å². The van der Waals surface area contributed by atoms with E-state index in [4.69, 9.17) is 0 Å². The lowest BCUT2D eigenvalue weighted by Gasteiger charge is -2.34. The van der Waals surface area contributed by atoms with Gasteiger partial charge < -0.3 is 5.11 Å². The van der Waals surface area contributed by atoms with Crippen molar-refractivity contribution in [2.24, 2.45) is 0 Å². The molecule has 0 radical (unpaired) electrons. The smallest absolute Gasteiger partial charge is 0.323 e. The Kier molecular flexibility index (Phi) is 4.98. The van der Waals surface area contributed by atoms with E-state index in [1.165, 1.54) is 5.56 Å². The molecule has 3 nitrogen and oxygen atoms in total. The fourth-order valence-corrected chi connectivity index (χ4v) is 2.17. The van der Waals surface area contributed by atoms with Crippen LogP contribution in [-0.2, 0) is 16.8 Å². The number of carboxylic acid groups (broad SMARTS) is 1. The molecule has 0 unspecified atom stereocenters. The summed E-state index contributed by atoms with van der Waals surface area (Å²) in [5, 5.41) is 9.33. The highest BCUT2D eigenvalue weighted by atomic mass is 16.4. The summed E-state index contributed by atoms with van der Waals surface area (Å²) in [5.41, 5.74) is 1.73. The number of nitrogens with zero attached hydrogens (tertiary/aromatic N) is 1. The minimum atomic E-state index is -0.850. The number of hydrogen-bond donors (Lipinski definition) is 1. The summed E-state index contributed by atoms with van der Waals surface area (Å²) in [7, 11) is 0. The number of likely N-dealkylation sites (N-methyl/N-ethyl adjacent to an activating group) is 1. The van der Waals surface area contributed by atoms with Crippen LogP contribution in [-0.4, -0.2) is 28.1 Å². The van der Waals surface area contributed by atoms with Gasteiger partial charge in [-0.2, -0.15) is 0 Å². The minimum Gasteiger partial charge on any atom is -0.480 e. The van der Waals surface area contributed by atoms with Gasteiger partial charge >= 0.3 is 5.97 Å². The summed E-state index contributed by atoms with van der Waals surface area (Å²) in [6.45, 7) is 13.4. The van der Waals surface area contributed by atoms with Gasteiger partial charge in [0, 0.05) is 6.54 Å². The molecule has 3 heteroatoms. The first-order valence-electron chi connectivity index (χ1n) is 7.17. The zero-order valence-electron chi connectivity index (χ0n) is 13.5. The molecule has 0 amide bonds. The molecule has 0 atom stereocenters. The lowest BCUT2D eigenvalue weighted by molar-refractivity contribution is -0.149. The summed E-state index contributed by atoms with van der Waals surface area (Å²) < 4.78 is 0. The lowest BCUT2D eigenvalue weighted by atomic mass is 9.86. The number of hydrogen-bond acceptors (Lipinski definition) is 2. The van der Waals surface area contributed by atoms with E-state index in [0.29, 0.717) is 13.1 Å². The molecule has 0 bridgehead atoms. The van der Waals surface area contributed by atoms with Crippen LogP contribution in [0.3, 0.4) is 0 Å². The van der Waals surface area contributed by atoms with Crippen LogP contribution < -0.4 is 0 Å². The van der Waals surface area contributed by atoms with Crippen LogP contribution in [0.4, 0.5) is 0 Å². The van der Waals surface area contributed by atoms with Crippen LogP contribution in [0, 0.1) is 0 Å². The molecule has 1 aromatic carbocycles. The van der Waals surface area contributed by atoms with Crippen molar-refractivity contribution in [3.05, 3.63) is 35.4 Å². The maximum absolute atomic E-state index is 11.4. The molecule has 0 aliphatic heterocycles. The summed E-state index contributed by atoms with van der Waals surface area (Å²) in [4.78, 5) is 13.3. The van der Waals surface area contributed by atoms with Gasteiger partial charge in [-0.15, -0.1) is 0 Å². The first-order chi connectivity index (χ1) is 9.09. The standard InChI is InChI=1S/C17H27NO2/c1-7-18(17(5,6)15(19)20)12-13-8-10-14(11-9-13)16(2,3)4/h8-11H,7,12H2,1-6H3,(H,19,20). The quantitative estimate of drug-likeness (QED) is 0.892. The van der Waals surface area contributed by atoms with E-state index in [0.717, 1.165) is 5.56 Å². The molecule has 0 saturated carbocycles. The monoisotopic (exact) mass is 277 g/mol. The van der Waals surface area contributed by atoms with E-state index < -0.39 is 11.5 Å². The van der Waals surface area contributed by atoms with Gasteiger partial charge in [0.1, 0.15) is 5.54 Å². The third-order valence-corrected chi connectivity index (χ3v) is 3.89. The maximum Gasteiger partial charge on any atom is 0.323 e. The normalized spacial score (nSPS) is 12.8. The Bertz CT molecular complexity index is 455. The Morgan fingerprint density at radius 3 is 1.95 bits per heavy atom. The molecule has 0 aromatic heterocycles. The van der Waals surface area contributed by atoms with E-state index in [1.54, 1.807) is 13.8 Å². The Morgan fingerprint density at radius 1 is 1.10 bits per heavy atom. The van der Waals surface area contributed by atoms with Gasteiger partial charge in [-0.05, 0) is 36.9 Å². The Balaban J connectivity index is 2.89. The summed E-state index contributed by atoms with van der Waals surface area (Å²) >= 11 is 0. The van der Waals surface area contributed by atoms with Gasteiger partial charge in [-0.25, -0.2) is 0 Å². The Labute approximate surface area is 122 Å². The van der Waals surface area contributed by atoms with Crippen LogP contribution in [0.1, 0.15) is 52.7 Å². The highest BCUT2D eigenvalue weighted by molar-refractivity contribution is 5.77. The minimum absolute atomic E-state index is 0.142. The second-order valence-electron chi connectivity index (χ2n) is 6.83. The largest absolute Gasteiger partial charge is 0.480 e. The van der Waals surface area contributed by atoms with Gasteiger partial charge in [-0.3, -0.25) is 9.69 Å². The van der Waals surface area contributed by atoms with Crippen LogP contribution in [0.15, 0.2) is 24.3 Å². The second-order valence-corrected chi connectivity index (χ2v) is 6.83. The van der Waals surface area contributed by atoms with Crippen molar-refractivity contribution in [3.63, 3.8) is 0 Å². The molecule has 0 saturated heterocycles. The van der Waals surface area contributed by atoms with Crippen molar-refractivity contribution < 1.29 is 9.90 Å². The predicted molar refractivity (Wildman–Crippen MR) is 82.9 cm³/mol. The Hall–Kier alpha value is -1.35. The summed E-state index contributed by atoms with van der Waals surface area (Å²) in [6, 6.07) is 8.47. The molecule has 1 N–H and O–H groups in total. The zero-order chi connectivity index (χ0) is 15.6. The number of carboxylic acids is 1. The number of aliphatic carboxylic acids is 1. The Morgan fingerprint density at radius 2 is 1.60 bits per heavy atom. The molecule has 0 spiro atoms. The molecular formula is C17H27NO2. The molecule has 0 aliphatic carbocycles. The fourth-order valence-electron chi connectivity index (χ4n) is 2.17. The molecule has 1 aromatic rings. The van der Waals surface area contributed by atoms with Gasteiger partial charge in [0.15, 0.2) is 0 Å². The van der Waals surface area contributed by atoms with Gasteiger partial charge in [0.2, 0.25) is 0 Å². The average molecular weight is 277 g/mol. The lowest BCUT2D eigenvalue weighted by Crippen LogP contribution is -2.49. The van der Waals surface area contributed by atoms with Gasteiger partial charge in [-0.1, -0.05) is 52.0 Å². The highest BCUT2D eigenvalue weighted by Gasteiger charge is 2.33. The molecule has 1 rings (SSSR count). The van der Waals surface area contributed by atoms with Crippen LogP contribution in [0.2, 0.25) is 0 Å². The fraction of sp³-hybridized carbons (Fsp3) is 0.588. The molecule has 0 aliphatic rings. The van der Waals surface area contributed by atoms with Crippen molar-refractivity contribution in [1.29, 1.82) is 0 Å². The SMILES string of the molecule is CCN(Cc1ccc(C(C)(C)C)cc1)C(C)(C)C(=O)O. The van der Waals surface area contributed by atoms with Gasteiger partial charge in [0.05, 0.1) is 0 Å². The average Bonchev–Trinajstić information content (AvgIpc) is 2.35. The van der Waals surface area contributed by atoms with Crippen LogP contribution in [0.5, 0.6) is 0 Å². The molecular weight excluding hydrogens is 250 g/mol. The third kappa shape index (κ3) is 3.83. The second kappa shape index (κ2) is 5.96. The van der Waals surface area contributed by atoms with E-state index in [1.807, 2.05) is 11.8 Å². The zero-order valence-corrected chi connectivity index (χ0v) is 13.5. The van der Waals surface area contributed by atoms with E-state index in [-0.39, 0.29) is 5.41 Å². The molecule has 0 heterocycles. The summed E-state index contributed by atoms with van der Waals surface area (Å²) in [5.74, 6) is -0.786. The van der Waals surface area contributed by atoms with Crippen molar-refractivity contribution in [1.82, 2.24) is 4.90 Å². The van der Waals surface area contributed by atoms with Crippen molar-refractivity contribution in [2.75, 3.05) is 6.54 Å². The predicted octanol–water partition coefficient (Wildman–Crippen LogP) is 3.67. The highest BCUT2D eigenvalue weighted by Crippen LogP contribution is 2.23. The summed E-state index contributed by atoms with van der Waals surface area (Å²) in [6.07, 6.45) is 0. The van der Waals surface area contributed by atoms with E-state index >= 15 is 0 Å². The van der Waals surface area contributed by atoms with Crippen molar-refractivity contribution in [2.45, 2.75) is 59.0 Å². The molecule has 0 fully saturated rings. The topological polar surface area (TPSA) is 40.5 Å². The van der Waals surface area contributed by atoms with E-state index in [2.05, 4.69) is 45.0 Å². The van der Waals surface area contributed by atoms with Gasteiger partial charge in [0.25, 0.3) is 0 Å². The number of benzene rings is 1. The van der Waals surface area contributed by atoms with Crippen molar-refractivity contribution >= 4 is 5.97 Å². The number of rotatable bonds is 5. The molecule has 112 valence electrons. The van der Waals surface area contributed by atoms with E-state index in [9.17, 15) is 9.90 Å². The molecule has 20 heavy (non-hydrogen) atoms. The van der Waals surface area contributed by atoms with Crippen molar-refractivity contribution in [3.8, 4) is 0 Å². The number of carbonyl (C=O) groups is 1.